The molecule has 0 saturated carbocycles. The van der Waals surface area contributed by atoms with Gasteiger partial charge in [0.15, 0.2) is 5.09 Å². The molecule has 2 aromatic heterocycles. The maximum absolute atomic E-state index is 12.4. The standard InChI is InChI=1S/C22H16N4O2S2/c1-2-19-25-26-22(30-19)24-21(27)15(13-23)12-16-10-11-20(28-16)29-18-9-5-7-14-6-3-4-8-17(14)18/h3-12H,2H2,1H3,(H,24,26,27)/b15-12-. The molecule has 2 aromatic carbocycles. The lowest BCUT2D eigenvalue weighted by Gasteiger charge is -2.04. The number of hydrogen-bond acceptors (Lipinski definition) is 7. The zero-order valence-electron chi connectivity index (χ0n) is 16.0. The number of nitrogens with zero attached hydrogens (tertiary/aromatic N) is 3. The second-order valence-electron chi connectivity index (χ2n) is 6.21. The lowest BCUT2D eigenvalue weighted by atomic mass is 10.1. The summed E-state index contributed by atoms with van der Waals surface area (Å²) in [7, 11) is 0. The molecule has 6 nitrogen and oxygen atoms in total. The van der Waals surface area contributed by atoms with Crippen molar-refractivity contribution < 1.29 is 9.21 Å². The minimum absolute atomic E-state index is 0.0701. The fourth-order valence-electron chi connectivity index (χ4n) is 2.76. The Morgan fingerprint density at radius 2 is 2.03 bits per heavy atom. The first-order chi connectivity index (χ1) is 14.7. The second kappa shape index (κ2) is 8.95. The number of furan rings is 1. The minimum Gasteiger partial charge on any atom is -0.450 e. The lowest BCUT2D eigenvalue weighted by molar-refractivity contribution is -0.112. The first-order valence-electron chi connectivity index (χ1n) is 9.17. The highest BCUT2D eigenvalue weighted by Crippen LogP contribution is 2.34. The Kier molecular flexibility index (Phi) is 5.93. The summed E-state index contributed by atoms with van der Waals surface area (Å²) in [6, 6.07) is 19.7. The van der Waals surface area contributed by atoms with Gasteiger partial charge in [0, 0.05) is 11.0 Å². The van der Waals surface area contributed by atoms with Crippen LogP contribution in [-0.4, -0.2) is 16.1 Å². The molecule has 30 heavy (non-hydrogen) atoms. The number of amides is 1. The van der Waals surface area contributed by atoms with E-state index >= 15 is 0 Å². The first kappa shape index (κ1) is 19.9. The van der Waals surface area contributed by atoms with E-state index < -0.39 is 5.91 Å². The SMILES string of the molecule is CCc1nnc(NC(=O)/C(C#N)=C\c2ccc(Sc3cccc4ccccc34)o2)s1. The van der Waals surface area contributed by atoms with Crippen molar-refractivity contribution in [2.24, 2.45) is 0 Å². The number of carbonyl (C=O) groups is 1. The Morgan fingerprint density at radius 1 is 1.20 bits per heavy atom. The molecule has 0 radical (unpaired) electrons. The molecule has 0 atom stereocenters. The van der Waals surface area contributed by atoms with Crippen LogP contribution in [0.2, 0.25) is 0 Å². The molecule has 0 unspecified atom stereocenters. The van der Waals surface area contributed by atoms with Gasteiger partial charge >= 0.3 is 0 Å². The maximum atomic E-state index is 12.4. The molecule has 0 aliphatic heterocycles. The van der Waals surface area contributed by atoms with Gasteiger partial charge in [0.1, 0.15) is 22.4 Å². The van der Waals surface area contributed by atoms with Gasteiger partial charge in [-0.3, -0.25) is 10.1 Å². The van der Waals surface area contributed by atoms with E-state index in [1.165, 1.54) is 29.2 Å². The normalized spacial score (nSPS) is 11.4. The summed E-state index contributed by atoms with van der Waals surface area (Å²) < 4.78 is 5.82. The van der Waals surface area contributed by atoms with Gasteiger partial charge in [-0.2, -0.15) is 5.26 Å². The topological polar surface area (TPSA) is 91.8 Å². The third-order valence-electron chi connectivity index (χ3n) is 4.20. The Morgan fingerprint density at radius 3 is 2.83 bits per heavy atom. The second-order valence-corrected chi connectivity index (χ2v) is 8.32. The van der Waals surface area contributed by atoms with Crippen molar-refractivity contribution in [2.45, 2.75) is 23.3 Å². The highest BCUT2D eigenvalue weighted by Gasteiger charge is 2.14. The number of nitrogens with one attached hydrogen (secondary N) is 1. The molecule has 0 bridgehead atoms. The average molecular weight is 433 g/mol. The van der Waals surface area contributed by atoms with Crippen molar-refractivity contribution in [1.82, 2.24) is 10.2 Å². The quantitative estimate of drug-likeness (QED) is 0.317. The summed E-state index contributed by atoms with van der Waals surface area (Å²) in [4.78, 5) is 13.4. The van der Waals surface area contributed by atoms with Gasteiger partial charge < -0.3 is 4.42 Å². The summed E-state index contributed by atoms with van der Waals surface area (Å²) in [5, 5.41) is 24.0. The first-order valence-corrected chi connectivity index (χ1v) is 10.8. The van der Waals surface area contributed by atoms with Gasteiger partial charge in [-0.25, -0.2) is 0 Å². The van der Waals surface area contributed by atoms with Crippen molar-refractivity contribution >= 4 is 51.0 Å². The van der Waals surface area contributed by atoms with E-state index in [0.717, 1.165) is 27.1 Å². The molecule has 2 heterocycles. The van der Waals surface area contributed by atoms with Gasteiger partial charge in [-0.05, 0) is 35.4 Å². The van der Waals surface area contributed by atoms with Crippen molar-refractivity contribution in [1.29, 1.82) is 5.26 Å². The number of aryl methyl sites for hydroxylation is 1. The molecular weight excluding hydrogens is 416 g/mol. The van der Waals surface area contributed by atoms with E-state index in [-0.39, 0.29) is 5.57 Å². The molecule has 1 amide bonds. The van der Waals surface area contributed by atoms with Crippen LogP contribution in [0.5, 0.6) is 0 Å². The highest BCUT2D eigenvalue weighted by atomic mass is 32.2. The van der Waals surface area contributed by atoms with E-state index in [4.69, 9.17) is 4.42 Å². The molecule has 0 spiro atoms. The highest BCUT2D eigenvalue weighted by molar-refractivity contribution is 7.99. The molecule has 0 aliphatic carbocycles. The van der Waals surface area contributed by atoms with Gasteiger partial charge in [-0.1, -0.05) is 66.4 Å². The molecule has 4 aromatic rings. The number of carbonyl (C=O) groups excluding carboxylic acids is 1. The summed E-state index contributed by atoms with van der Waals surface area (Å²) in [5.74, 6) is -0.119. The van der Waals surface area contributed by atoms with E-state index in [2.05, 4.69) is 33.7 Å². The fourth-order valence-corrected chi connectivity index (χ4v) is 4.37. The number of hydrogen-bond donors (Lipinski definition) is 1. The number of rotatable bonds is 6. The van der Waals surface area contributed by atoms with Crippen LogP contribution >= 0.6 is 23.1 Å². The van der Waals surface area contributed by atoms with E-state index in [9.17, 15) is 10.1 Å². The smallest absolute Gasteiger partial charge is 0.268 e. The number of fused-ring (bicyclic) bond motifs is 1. The predicted octanol–water partition coefficient (Wildman–Crippen LogP) is 5.54. The van der Waals surface area contributed by atoms with Crippen LogP contribution in [0.3, 0.4) is 0 Å². The Labute approximate surface area is 181 Å². The number of anilines is 1. The maximum Gasteiger partial charge on any atom is 0.268 e. The fraction of sp³-hybridized carbons (Fsp3) is 0.0909. The van der Waals surface area contributed by atoms with Gasteiger partial charge in [-0.15, -0.1) is 10.2 Å². The predicted molar refractivity (Wildman–Crippen MR) is 118 cm³/mol. The summed E-state index contributed by atoms with van der Waals surface area (Å²) in [6.07, 6.45) is 2.16. The largest absolute Gasteiger partial charge is 0.450 e. The zero-order chi connectivity index (χ0) is 20.9. The number of nitriles is 1. The number of benzene rings is 2. The van der Waals surface area contributed by atoms with E-state index in [1.54, 1.807) is 6.07 Å². The van der Waals surface area contributed by atoms with Crippen LogP contribution < -0.4 is 5.32 Å². The van der Waals surface area contributed by atoms with Crippen molar-refractivity contribution in [3.05, 3.63) is 70.9 Å². The van der Waals surface area contributed by atoms with Gasteiger partial charge in [0.05, 0.1) is 0 Å². The Hall–Kier alpha value is -3.41. The third kappa shape index (κ3) is 4.43. The molecule has 148 valence electrons. The van der Waals surface area contributed by atoms with Crippen molar-refractivity contribution in [3.63, 3.8) is 0 Å². The third-order valence-corrected chi connectivity index (χ3v) is 6.18. The van der Waals surface area contributed by atoms with Crippen molar-refractivity contribution in [2.75, 3.05) is 5.32 Å². The summed E-state index contributed by atoms with van der Waals surface area (Å²) in [5.41, 5.74) is -0.0701. The van der Waals surface area contributed by atoms with E-state index in [0.29, 0.717) is 16.0 Å². The van der Waals surface area contributed by atoms with Crippen molar-refractivity contribution in [3.8, 4) is 6.07 Å². The van der Waals surface area contributed by atoms with Crippen LogP contribution in [0, 0.1) is 11.3 Å². The van der Waals surface area contributed by atoms with Crippen LogP contribution in [-0.2, 0) is 11.2 Å². The van der Waals surface area contributed by atoms with E-state index in [1.807, 2.05) is 43.3 Å². The molecule has 0 saturated heterocycles. The van der Waals surface area contributed by atoms with Crippen LogP contribution in [0.4, 0.5) is 5.13 Å². The monoisotopic (exact) mass is 432 g/mol. The molecule has 0 aliphatic rings. The van der Waals surface area contributed by atoms with Gasteiger partial charge in [0.2, 0.25) is 5.13 Å². The molecular formula is C22H16N4O2S2. The Balaban J connectivity index is 1.51. The average Bonchev–Trinajstić information content (AvgIpc) is 3.41. The van der Waals surface area contributed by atoms with Gasteiger partial charge in [0.25, 0.3) is 5.91 Å². The Bertz CT molecular complexity index is 1280. The van der Waals surface area contributed by atoms with Crippen LogP contribution in [0.15, 0.2) is 74.6 Å². The zero-order valence-corrected chi connectivity index (χ0v) is 17.6. The van der Waals surface area contributed by atoms with Crippen LogP contribution in [0.1, 0.15) is 17.7 Å². The molecule has 8 heteroatoms. The molecule has 1 N–H and O–H groups in total. The lowest BCUT2D eigenvalue weighted by Crippen LogP contribution is -2.13. The molecule has 4 rings (SSSR count). The van der Waals surface area contributed by atoms with Crippen LogP contribution in [0.25, 0.3) is 16.8 Å². The summed E-state index contributed by atoms with van der Waals surface area (Å²) >= 11 is 2.78. The summed E-state index contributed by atoms with van der Waals surface area (Å²) in [6.45, 7) is 1.96. The molecule has 0 fully saturated rings. The minimum atomic E-state index is -0.545. The number of aromatic nitrogens is 2.